The van der Waals surface area contributed by atoms with Gasteiger partial charge in [-0.3, -0.25) is 0 Å². The van der Waals surface area contributed by atoms with Crippen molar-refractivity contribution in [2.24, 2.45) is 0 Å². The van der Waals surface area contributed by atoms with E-state index in [-0.39, 0.29) is 5.41 Å². The maximum Gasteiger partial charge on any atom is 0.500 e. The molecule has 0 aliphatic carbocycles. The Morgan fingerprint density at radius 3 is 2.19 bits per heavy atom. The third kappa shape index (κ3) is 5.51. The van der Waals surface area contributed by atoms with Crippen LogP contribution in [0.2, 0.25) is 6.04 Å². The van der Waals surface area contributed by atoms with Gasteiger partial charge in [0.1, 0.15) is 6.54 Å². The van der Waals surface area contributed by atoms with Gasteiger partial charge >= 0.3 is 8.80 Å². The van der Waals surface area contributed by atoms with Gasteiger partial charge < -0.3 is 13.3 Å². The highest BCUT2D eigenvalue weighted by molar-refractivity contribution is 6.60. The molecule has 0 amide bonds. The van der Waals surface area contributed by atoms with Crippen molar-refractivity contribution >= 4 is 8.80 Å². The van der Waals surface area contributed by atoms with Crippen molar-refractivity contribution in [2.45, 2.75) is 51.6 Å². The number of pyridine rings is 1. The van der Waals surface area contributed by atoms with Gasteiger partial charge in [0, 0.05) is 45.4 Å². The second-order valence-corrected chi connectivity index (χ2v) is 9.42. The molecule has 0 radical (unpaired) electrons. The van der Waals surface area contributed by atoms with Gasteiger partial charge in [-0.1, -0.05) is 20.8 Å². The van der Waals surface area contributed by atoms with Crippen LogP contribution in [-0.4, -0.2) is 30.1 Å². The molecule has 0 atom stereocenters. The molecule has 21 heavy (non-hydrogen) atoms. The zero-order valence-corrected chi connectivity index (χ0v) is 15.3. The second kappa shape index (κ2) is 8.03. The quantitative estimate of drug-likeness (QED) is 0.420. The smallest absolute Gasteiger partial charge is 0.377 e. The Bertz CT molecular complexity index is 420. The summed E-state index contributed by atoms with van der Waals surface area (Å²) in [5.74, 6) is 0. The predicted molar refractivity (Wildman–Crippen MR) is 86.2 cm³/mol. The molecule has 120 valence electrons. The number of rotatable bonds is 8. The maximum absolute atomic E-state index is 5.44. The van der Waals surface area contributed by atoms with Crippen LogP contribution in [0.3, 0.4) is 0 Å². The fraction of sp³-hybridized carbons (Fsp3) is 0.688. The number of nitrogens with zero attached hydrogens (tertiary/aromatic N) is 1. The molecule has 0 fully saturated rings. The molecule has 0 saturated carbocycles. The molecule has 0 spiro atoms. The largest absolute Gasteiger partial charge is 0.500 e. The van der Waals surface area contributed by atoms with Gasteiger partial charge in [0.2, 0.25) is 0 Å². The fourth-order valence-electron chi connectivity index (χ4n) is 2.30. The van der Waals surface area contributed by atoms with E-state index in [1.165, 1.54) is 5.56 Å². The molecule has 0 unspecified atom stereocenters. The first-order chi connectivity index (χ1) is 9.87. The molecule has 0 aromatic carbocycles. The molecule has 1 heterocycles. The van der Waals surface area contributed by atoms with Crippen molar-refractivity contribution in [1.29, 1.82) is 0 Å². The highest BCUT2D eigenvalue weighted by Gasteiger charge is 2.36. The summed E-state index contributed by atoms with van der Waals surface area (Å²) in [6.45, 7) is 7.72. The van der Waals surface area contributed by atoms with Crippen LogP contribution in [0.1, 0.15) is 39.2 Å². The van der Waals surface area contributed by atoms with Crippen LogP contribution in [0.15, 0.2) is 24.5 Å². The summed E-state index contributed by atoms with van der Waals surface area (Å²) < 4.78 is 18.6. The van der Waals surface area contributed by atoms with Crippen molar-refractivity contribution < 1.29 is 17.8 Å². The van der Waals surface area contributed by atoms with E-state index >= 15 is 0 Å². The van der Waals surface area contributed by atoms with Crippen molar-refractivity contribution in [1.82, 2.24) is 0 Å². The Morgan fingerprint density at radius 2 is 1.67 bits per heavy atom. The van der Waals surface area contributed by atoms with Gasteiger partial charge in [-0.15, -0.1) is 0 Å². The second-order valence-electron chi connectivity index (χ2n) is 6.33. The molecular weight excluding hydrogens is 282 g/mol. The van der Waals surface area contributed by atoms with Crippen molar-refractivity contribution in [2.75, 3.05) is 21.3 Å². The standard InChI is InChI=1S/C16H30NO3Si/c1-16(2,3)15-10-9-12-17(14-15)11-7-8-13-21(18-4,19-5)20-6/h9-10,12,14H,7-8,11,13H2,1-6H3/q+1. The topological polar surface area (TPSA) is 31.6 Å². The lowest BCUT2D eigenvalue weighted by atomic mass is 9.88. The monoisotopic (exact) mass is 312 g/mol. The summed E-state index contributed by atoms with van der Waals surface area (Å²) in [5.41, 5.74) is 1.55. The number of hydrogen-bond donors (Lipinski definition) is 0. The first kappa shape index (κ1) is 18.3. The van der Waals surface area contributed by atoms with Crippen molar-refractivity contribution in [3.63, 3.8) is 0 Å². The summed E-state index contributed by atoms with van der Waals surface area (Å²) in [6, 6.07) is 5.17. The summed E-state index contributed by atoms with van der Waals surface area (Å²) in [5, 5.41) is 0. The highest BCUT2D eigenvalue weighted by atomic mass is 28.4. The van der Waals surface area contributed by atoms with Crippen molar-refractivity contribution in [3.05, 3.63) is 30.1 Å². The Balaban J connectivity index is 2.50. The van der Waals surface area contributed by atoms with Gasteiger partial charge in [-0.2, -0.15) is 0 Å². The van der Waals surface area contributed by atoms with Crippen LogP contribution in [0.4, 0.5) is 0 Å². The van der Waals surface area contributed by atoms with E-state index < -0.39 is 8.80 Å². The summed E-state index contributed by atoms with van der Waals surface area (Å²) >= 11 is 0. The zero-order valence-electron chi connectivity index (χ0n) is 14.3. The van der Waals surface area contributed by atoms with Crippen LogP contribution in [0.25, 0.3) is 0 Å². The normalized spacial score (nSPS) is 12.7. The first-order valence-corrected chi connectivity index (χ1v) is 9.45. The van der Waals surface area contributed by atoms with Crippen LogP contribution in [0.5, 0.6) is 0 Å². The van der Waals surface area contributed by atoms with Crippen LogP contribution in [0, 0.1) is 0 Å². The zero-order chi connectivity index (χ0) is 15.9. The van der Waals surface area contributed by atoms with E-state index in [4.69, 9.17) is 13.3 Å². The van der Waals surface area contributed by atoms with E-state index in [2.05, 4.69) is 49.9 Å². The number of aryl methyl sites for hydroxylation is 1. The Labute approximate surface area is 130 Å². The van der Waals surface area contributed by atoms with E-state index in [1.807, 2.05) is 0 Å². The van der Waals surface area contributed by atoms with E-state index in [0.29, 0.717) is 0 Å². The Morgan fingerprint density at radius 1 is 1.05 bits per heavy atom. The minimum atomic E-state index is -2.41. The molecule has 1 aromatic heterocycles. The highest BCUT2D eigenvalue weighted by Crippen LogP contribution is 2.20. The minimum absolute atomic E-state index is 0.188. The molecule has 4 nitrogen and oxygen atoms in total. The molecule has 1 aromatic rings. The van der Waals surface area contributed by atoms with Gasteiger partial charge in [0.25, 0.3) is 0 Å². The molecule has 0 bridgehead atoms. The summed E-state index contributed by atoms with van der Waals surface area (Å²) in [6.07, 6.45) is 6.49. The van der Waals surface area contributed by atoms with Crippen LogP contribution in [-0.2, 0) is 25.2 Å². The lowest BCUT2D eigenvalue weighted by Gasteiger charge is -2.23. The third-order valence-corrected chi connectivity index (χ3v) is 6.64. The Hall–Kier alpha value is -0.753. The van der Waals surface area contributed by atoms with Gasteiger partial charge in [0.15, 0.2) is 12.4 Å². The molecule has 0 aliphatic heterocycles. The molecular formula is C16H30NO3Si+. The van der Waals surface area contributed by atoms with E-state index in [1.54, 1.807) is 21.3 Å². The Kier molecular flexibility index (Phi) is 7.00. The fourth-order valence-corrected chi connectivity index (χ4v) is 4.09. The van der Waals surface area contributed by atoms with Gasteiger partial charge in [-0.05, 0) is 17.9 Å². The van der Waals surface area contributed by atoms with E-state index in [0.717, 1.165) is 25.4 Å². The lowest BCUT2D eigenvalue weighted by molar-refractivity contribution is -0.697. The number of unbranched alkanes of at least 4 members (excludes halogenated alkanes) is 1. The lowest BCUT2D eigenvalue weighted by Crippen LogP contribution is -2.43. The summed E-state index contributed by atoms with van der Waals surface area (Å²) in [4.78, 5) is 0. The molecule has 0 N–H and O–H groups in total. The van der Waals surface area contributed by atoms with Gasteiger partial charge in [-0.25, -0.2) is 4.57 Å². The first-order valence-electron chi connectivity index (χ1n) is 7.52. The molecule has 0 saturated heterocycles. The molecule has 5 heteroatoms. The van der Waals surface area contributed by atoms with Crippen LogP contribution >= 0.6 is 0 Å². The van der Waals surface area contributed by atoms with Crippen molar-refractivity contribution in [3.8, 4) is 0 Å². The number of aromatic nitrogens is 1. The number of hydrogen-bond acceptors (Lipinski definition) is 3. The third-order valence-electron chi connectivity index (χ3n) is 3.81. The average Bonchev–Trinajstić information content (AvgIpc) is 2.48. The predicted octanol–water partition coefficient (Wildman–Crippen LogP) is 2.93. The van der Waals surface area contributed by atoms with Crippen LogP contribution < -0.4 is 4.57 Å². The maximum atomic E-state index is 5.44. The average molecular weight is 313 g/mol. The summed E-state index contributed by atoms with van der Waals surface area (Å²) in [7, 11) is 2.60. The van der Waals surface area contributed by atoms with Gasteiger partial charge in [0.05, 0.1) is 0 Å². The van der Waals surface area contributed by atoms with E-state index in [9.17, 15) is 0 Å². The molecule has 0 aliphatic rings. The minimum Gasteiger partial charge on any atom is -0.377 e. The SMILES string of the molecule is CO[Si](CCCC[n+]1cccc(C(C)(C)C)c1)(OC)OC. The molecule has 1 rings (SSSR count).